The third-order valence-electron chi connectivity index (χ3n) is 4.47. The number of nitrogens with zero attached hydrogens (tertiary/aromatic N) is 2. The lowest BCUT2D eigenvalue weighted by molar-refractivity contribution is -0.388. The summed E-state index contributed by atoms with van der Waals surface area (Å²) in [6.07, 6.45) is 3.03. The van der Waals surface area contributed by atoms with Crippen molar-refractivity contribution in [3.05, 3.63) is 80.9 Å². The van der Waals surface area contributed by atoms with Crippen molar-refractivity contribution >= 4 is 31.4 Å². The molecule has 0 fully saturated rings. The van der Waals surface area contributed by atoms with Crippen LogP contribution in [0.15, 0.2) is 70.5 Å². The number of nitrogens with one attached hydrogen (secondary N) is 2. The van der Waals surface area contributed by atoms with Crippen molar-refractivity contribution in [3.8, 4) is 0 Å². The summed E-state index contributed by atoms with van der Waals surface area (Å²) in [5.74, 6) is 0. The van der Waals surface area contributed by atoms with Crippen LogP contribution in [0.1, 0.15) is 6.42 Å². The average Bonchev–Trinajstić information content (AvgIpc) is 3.13. The van der Waals surface area contributed by atoms with Crippen molar-refractivity contribution in [3.63, 3.8) is 0 Å². The summed E-state index contributed by atoms with van der Waals surface area (Å²) in [4.78, 5) is 19.5. The molecule has 0 unspecified atom stereocenters. The fourth-order valence-corrected chi connectivity index (χ4v) is 5.92. The normalized spacial score (nSPS) is 18.7. The Balaban J connectivity index is 1.86. The topological polar surface area (TPSA) is 179 Å². The average molecular weight is 468 g/mol. The Labute approximate surface area is 177 Å². The SMILES string of the molecule is O=[N+]([O-])c1ccccc1S(=O)(=O)N[C@H]1C=CC[C@H]1NS(=O)(=O)c1ccccc1[N+](=O)[O-]. The molecular weight excluding hydrogens is 452 g/mol. The molecule has 2 atom stereocenters. The number of sulfonamides is 2. The van der Waals surface area contributed by atoms with Crippen LogP contribution < -0.4 is 9.44 Å². The first kappa shape index (κ1) is 22.5. The van der Waals surface area contributed by atoms with Gasteiger partial charge in [-0.15, -0.1) is 0 Å². The summed E-state index contributed by atoms with van der Waals surface area (Å²) in [5, 5.41) is 22.3. The maximum Gasteiger partial charge on any atom is 0.289 e. The Morgan fingerprint density at radius 1 is 0.774 bits per heavy atom. The van der Waals surface area contributed by atoms with Crippen molar-refractivity contribution in [1.82, 2.24) is 9.44 Å². The van der Waals surface area contributed by atoms with Gasteiger partial charge in [-0.1, -0.05) is 36.4 Å². The number of nitro benzene ring substituents is 2. The van der Waals surface area contributed by atoms with Gasteiger partial charge in [-0.25, -0.2) is 26.3 Å². The van der Waals surface area contributed by atoms with Crippen LogP contribution in [0.5, 0.6) is 0 Å². The van der Waals surface area contributed by atoms with E-state index in [1.807, 2.05) is 0 Å². The van der Waals surface area contributed by atoms with E-state index in [-0.39, 0.29) is 6.42 Å². The molecule has 12 nitrogen and oxygen atoms in total. The Morgan fingerprint density at radius 3 is 1.71 bits per heavy atom. The van der Waals surface area contributed by atoms with E-state index >= 15 is 0 Å². The summed E-state index contributed by atoms with van der Waals surface area (Å²) in [6, 6.07) is 7.41. The Hall–Kier alpha value is -3.20. The second-order valence-corrected chi connectivity index (χ2v) is 9.85. The van der Waals surface area contributed by atoms with E-state index < -0.39 is 63.1 Å². The van der Waals surface area contributed by atoms with Gasteiger partial charge in [0.05, 0.1) is 15.9 Å². The molecule has 164 valence electrons. The molecule has 0 aliphatic heterocycles. The van der Waals surface area contributed by atoms with Crippen molar-refractivity contribution < 1.29 is 26.7 Å². The van der Waals surface area contributed by atoms with E-state index in [0.717, 1.165) is 24.3 Å². The van der Waals surface area contributed by atoms with Crippen molar-refractivity contribution in [2.45, 2.75) is 28.3 Å². The second-order valence-electron chi connectivity index (χ2n) is 6.49. The van der Waals surface area contributed by atoms with Gasteiger partial charge in [0.1, 0.15) is 0 Å². The number of hydrogen-bond acceptors (Lipinski definition) is 8. The third kappa shape index (κ3) is 4.77. The quantitative estimate of drug-likeness (QED) is 0.332. The van der Waals surface area contributed by atoms with Gasteiger partial charge in [0.25, 0.3) is 11.4 Å². The predicted molar refractivity (Wildman–Crippen MR) is 108 cm³/mol. The van der Waals surface area contributed by atoms with Gasteiger partial charge in [0, 0.05) is 18.2 Å². The summed E-state index contributed by atoms with van der Waals surface area (Å²) >= 11 is 0. The highest BCUT2D eigenvalue weighted by Gasteiger charge is 2.35. The van der Waals surface area contributed by atoms with Gasteiger partial charge in [0.2, 0.25) is 20.0 Å². The molecule has 1 aliphatic carbocycles. The summed E-state index contributed by atoms with van der Waals surface area (Å²) in [5.41, 5.74) is -1.26. The van der Waals surface area contributed by atoms with Crippen molar-refractivity contribution in [1.29, 1.82) is 0 Å². The molecule has 0 saturated carbocycles. The zero-order valence-electron chi connectivity index (χ0n) is 15.6. The Kier molecular flexibility index (Phi) is 6.17. The van der Waals surface area contributed by atoms with E-state index in [1.165, 1.54) is 36.4 Å². The first-order valence-electron chi connectivity index (χ1n) is 8.71. The zero-order valence-corrected chi connectivity index (χ0v) is 17.2. The fraction of sp³-hybridized carbons (Fsp3) is 0.176. The molecular formula is C17H16N4O8S2. The molecule has 14 heteroatoms. The summed E-state index contributed by atoms with van der Waals surface area (Å²) in [6.45, 7) is 0. The minimum absolute atomic E-state index is 0.101. The molecule has 0 saturated heterocycles. The van der Waals surface area contributed by atoms with Crippen LogP contribution in [0.4, 0.5) is 11.4 Å². The summed E-state index contributed by atoms with van der Waals surface area (Å²) < 4.78 is 55.4. The van der Waals surface area contributed by atoms with E-state index in [9.17, 15) is 37.1 Å². The molecule has 0 radical (unpaired) electrons. The molecule has 0 amide bonds. The van der Waals surface area contributed by atoms with E-state index in [4.69, 9.17) is 0 Å². The van der Waals surface area contributed by atoms with Gasteiger partial charge >= 0.3 is 0 Å². The number of rotatable bonds is 8. The molecule has 0 spiro atoms. The maximum atomic E-state index is 12.7. The smallest absolute Gasteiger partial charge is 0.258 e. The summed E-state index contributed by atoms with van der Waals surface area (Å²) in [7, 11) is -8.75. The van der Waals surface area contributed by atoms with Gasteiger partial charge in [0.15, 0.2) is 9.79 Å². The Morgan fingerprint density at radius 2 is 1.23 bits per heavy atom. The molecule has 31 heavy (non-hydrogen) atoms. The highest BCUT2D eigenvalue weighted by molar-refractivity contribution is 7.90. The van der Waals surface area contributed by atoms with Crippen molar-refractivity contribution in [2.24, 2.45) is 0 Å². The lowest BCUT2D eigenvalue weighted by atomic mass is 10.2. The lowest BCUT2D eigenvalue weighted by Gasteiger charge is -2.21. The number of benzene rings is 2. The van der Waals surface area contributed by atoms with Crippen LogP contribution in [0.3, 0.4) is 0 Å². The van der Waals surface area contributed by atoms with E-state index in [0.29, 0.717) is 0 Å². The van der Waals surface area contributed by atoms with E-state index in [1.54, 1.807) is 0 Å². The van der Waals surface area contributed by atoms with Crippen LogP contribution in [0, 0.1) is 20.2 Å². The number of hydrogen-bond donors (Lipinski definition) is 2. The minimum atomic E-state index is -4.38. The van der Waals surface area contributed by atoms with Crippen LogP contribution in [-0.4, -0.2) is 38.8 Å². The molecule has 1 aliphatic rings. The Bertz CT molecular complexity index is 1270. The largest absolute Gasteiger partial charge is 0.289 e. The minimum Gasteiger partial charge on any atom is -0.258 e. The van der Waals surface area contributed by atoms with Gasteiger partial charge in [-0.3, -0.25) is 20.2 Å². The first-order valence-corrected chi connectivity index (χ1v) is 11.7. The maximum absolute atomic E-state index is 12.7. The zero-order chi connectivity index (χ0) is 22.8. The lowest BCUT2D eigenvalue weighted by Crippen LogP contribution is -2.48. The van der Waals surface area contributed by atoms with Crippen LogP contribution in [0.25, 0.3) is 0 Å². The van der Waals surface area contributed by atoms with Gasteiger partial charge in [-0.2, -0.15) is 0 Å². The predicted octanol–water partition coefficient (Wildman–Crippen LogP) is 1.46. The van der Waals surface area contributed by atoms with Gasteiger partial charge in [-0.05, 0) is 18.6 Å². The molecule has 0 aromatic heterocycles. The molecule has 2 N–H and O–H groups in total. The highest BCUT2D eigenvalue weighted by atomic mass is 32.2. The van der Waals surface area contributed by atoms with Crippen molar-refractivity contribution in [2.75, 3.05) is 0 Å². The number of nitro groups is 2. The molecule has 0 bridgehead atoms. The van der Waals surface area contributed by atoms with Gasteiger partial charge < -0.3 is 0 Å². The van der Waals surface area contributed by atoms with E-state index in [2.05, 4.69) is 9.44 Å². The molecule has 2 aromatic carbocycles. The monoisotopic (exact) mass is 468 g/mol. The highest BCUT2D eigenvalue weighted by Crippen LogP contribution is 2.26. The van der Waals surface area contributed by atoms with Crippen LogP contribution in [-0.2, 0) is 20.0 Å². The molecule has 2 aromatic rings. The third-order valence-corrected chi connectivity index (χ3v) is 7.51. The molecule has 3 rings (SSSR count). The molecule has 0 heterocycles. The first-order chi connectivity index (χ1) is 14.5. The fourth-order valence-electron chi connectivity index (χ4n) is 3.07. The van der Waals surface area contributed by atoms with Crippen LogP contribution in [0.2, 0.25) is 0 Å². The number of para-hydroxylation sites is 2. The van der Waals surface area contributed by atoms with Crippen LogP contribution >= 0.6 is 0 Å². The second kappa shape index (κ2) is 8.50. The standard InChI is InChI=1S/C17H16N4O8S2/c22-20(23)14-8-1-3-10-16(14)30(26,27)18-12-6-5-7-13(12)19-31(28,29)17-11-4-2-9-15(17)21(24)25/h1-6,8-13,18-19H,7H2/t12-,13+/m0/s1.